The molecule has 0 radical (unpaired) electrons. The molecule has 0 aliphatic rings. The van der Waals surface area contributed by atoms with Gasteiger partial charge in [-0.3, -0.25) is 4.79 Å². The Morgan fingerprint density at radius 1 is 1.35 bits per heavy atom. The van der Waals surface area contributed by atoms with E-state index in [2.05, 4.69) is 31.4 Å². The maximum atomic E-state index is 11.8. The number of hydrazone groups is 1. The summed E-state index contributed by atoms with van der Waals surface area (Å²) < 4.78 is 1.00. The number of rotatable bonds is 3. The van der Waals surface area contributed by atoms with E-state index in [4.69, 9.17) is 5.11 Å². The van der Waals surface area contributed by atoms with Gasteiger partial charge in [-0.25, -0.2) is 5.43 Å². The Bertz CT molecular complexity index is 660. The number of nitrogens with zero attached hydrogens (tertiary/aromatic N) is 1. The number of amides is 1. The second-order valence-corrected chi connectivity index (χ2v) is 5.14. The minimum Gasteiger partial charge on any atom is -0.508 e. The van der Waals surface area contributed by atoms with Gasteiger partial charge in [0.25, 0.3) is 5.91 Å². The summed E-state index contributed by atoms with van der Waals surface area (Å²) in [5, 5.41) is 13.1. The first-order valence-electron chi connectivity index (χ1n) is 5.96. The SMILES string of the molecule is Cc1[nH]c(C=NNC(=O)c2ccc(O)cc2)c(C)c1Br. The number of phenolic OH excluding ortho intramolecular Hbond substituents is 1. The fourth-order valence-electron chi connectivity index (χ4n) is 1.71. The molecule has 0 unspecified atom stereocenters. The molecule has 3 N–H and O–H groups in total. The Labute approximate surface area is 124 Å². The van der Waals surface area contributed by atoms with Crippen LogP contribution in [0.25, 0.3) is 0 Å². The maximum absolute atomic E-state index is 11.8. The number of H-pyrrole nitrogens is 1. The minimum atomic E-state index is -0.332. The summed E-state index contributed by atoms with van der Waals surface area (Å²) in [6.07, 6.45) is 1.56. The third kappa shape index (κ3) is 3.08. The van der Waals surface area contributed by atoms with Gasteiger partial charge in [-0.05, 0) is 59.6 Å². The van der Waals surface area contributed by atoms with Crippen molar-refractivity contribution in [1.82, 2.24) is 10.4 Å². The molecule has 6 heteroatoms. The summed E-state index contributed by atoms with van der Waals surface area (Å²) in [7, 11) is 0. The fraction of sp³-hybridized carbons (Fsp3) is 0.143. The van der Waals surface area contributed by atoms with E-state index in [9.17, 15) is 4.79 Å². The van der Waals surface area contributed by atoms with Crippen molar-refractivity contribution >= 4 is 28.1 Å². The highest BCUT2D eigenvalue weighted by atomic mass is 79.9. The van der Waals surface area contributed by atoms with E-state index in [1.807, 2.05) is 13.8 Å². The van der Waals surface area contributed by atoms with Gasteiger partial charge in [-0.1, -0.05) is 0 Å². The predicted molar refractivity (Wildman–Crippen MR) is 81.1 cm³/mol. The number of carbonyl (C=O) groups excluding carboxylic acids is 1. The van der Waals surface area contributed by atoms with Gasteiger partial charge in [0.1, 0.15) is 5.75 Å². The van der Waals surface area contributed by atoms with Crippen LogP contribution < -0.4 is 5.43 Å². The lowest BCUT2D eigenvalue weighted by molar-refractivity contribution is 0.0955. The van der Waals surface area contributed by atoms with E-state index >= 15 is 0 Å². The first kappa shape index (κ1) is 14.3. The van der Waals surface area contributed by atoms with Crippen molar-refractivity contribution in [3.05, 3.63) is 51.3 Å². The molecule has 1 heterocycles. The summed E-state index contributed by atoms with van der Waals surface area (Å²) in [4.78, 5) is 14.9. The molecule has 2 rings (SSSR count). The molecule has 1 aromatic carbocycles. The third-order valence-corrected chi connectivity index (χ3v) is 4.06. The quantitative estimate of drug-likeness (QED) is 0.595. The zero-order chi connectivity index (χ0) is 14.7. The Morgan fingerprint density at radius 2 is 2.00 bits per heavy atom. The topological polar surface area (TPSA) is 77.5 Å². The van der Waals surface area contributed by atoms with E-state index in [1.165, 1.54) is 24.3 Å². The zero-order valence-electron chi connectivity index (χ0n) is 11.1. The molecule has 5 nitrogen and oxygen atoms in total. The second kappa shape index (κ2) is 5.92. The van der Waals surface area contributed by atoms with E-state index in [-0.39, 0.29) is 11.7 Å². The average molecular weight is 336 g/mol. The summed E-state index contributed by atoms with van der Waals surface area (Å²) in [6.45, 7) is 3.90. The normalized spacial score (nSPS) is 10.9. The number of aryl methyl sites for hydroxylation is 1. The Hall–Kier alpha value is -2.08. The monoisotopic (exact) mass is 335 g/mol. The standard InChI is InChI=1S/C14H14BrN3O2/c1-8-12(17-9(2)13(8)15)7-16-18-14(20)10-3-5-11(19)6-4-10/h3-7,17,19H,1-2H3,(H,18,20). The molecule has 104 valence electrons. The summed E-state index contributed by atoms with van der Waals surface area (Å²) in [6, 6.07) is 5.96. The van der Waals surface area contributed by atoms with Crippen molar-refractivity contribution < 1.29 is 9.90 Å². The number of halogens is 1. The van der Waals surface area contributed by atoms with Crippen LogP contribution in [0.4, 0.5) is 0 Å². The van der Waals surface area contributed by atoms with Gasteiger partial charge in [0.05, 0.1) is 11.9 Å². The summed E-state index contributed by atoms with van der Waals surface area (Å²) in [5.74, 6) is -0.214. The van der Waals surface area contributed by atoms with Gasteiger partial charge in [-0.15, -0.1) is 0 Å². The molecule has 0 spiro atoms. The van der Waals surface area contributed by atoms with Crippen LogP contribution in [0, 0.1) is 13.8 Å². The molecule has 0 aliphatic carbocycles. The van der Waals surface area contributed by atoms with Crippen LogP contribution in [-0.2, 0) is 0 Å². The van der Waals surface area contributed by atoms with Crippen LogP contribution >= 0.6 is 15.9 Å². The lowest BCUT2D eigenvalue weighted by atomic mass is 10.2. The molecule has 0 saturated heterocycles. The van der Waals surface area contributed by atoms with Crippen LogP contribution in [0.15, 0.2) is 33.8 Å². The number of benzene rings is 1. The van der Waals surface area contributed by atoms with E-state index in [0.29, 0.717) is 5.56 Å². The summed E-state index contributed by atoms with van der Waals surface area (Å²) in [5.41, 5.74) is 5.74. The van der Waals surface area contributed by atoms with E-state index in [0.717, 1.165) is 21.4 Å². The van der Waals surface area contributed by atoms with Gasteiger partial charge >= 0.3 is 0 Å². The van der Waals surface area contributed by atoms with Crippen LogP contribution in [0.1, 0.15) is 27.3 Å². The first-order valence-corrected chi connectivity index (χ1v) is 6.75. The second-order valence-electron chi connectivity index (χ2n) is 4.35. The number of hydrogen-bond acceptors (Lipinski definition) is 3. The molecule has 20 heavy (non-hydrogen) atoms. The number of aromatic amines is 1. The lowest BCUT2D eigenvalue weighted by Gasteiger charge is -1.99. The number of aromatic hydroxyl groups is 1. The van der Waals surface area contributed by atoms with Crippen molar-refractivity contribution in [1.29, 1.82) is 0 Å². The van der Waals surface area contributed by atoms with E-state index in [1.54, 1.807) is 6.21 Å². The zero-order valence-corrected chi connectivity index (χ0v) is 12.7. The third-order valence-electron chi connectivity index (χ3n) is 2.87. The molecular weight excluding hydrogens is 322 g/mol. The average Bonchev–Trinajstić information content (AvgIpc) is 2.67. The molecule has 0 atom stereocenters. The van der Waals surface area contributed by atoms with Crippen LogP contribution in [-0.4, -0.2) is 22.2 Å². The predicted octanol–water partition coefficient (Wildman–Crippen LogP) is 2.86. The molecule has 1 aromatic heterocycles. The van der Waals surface area contributed by atoms with Gasteiger partial charge in [0.15, 0.2) is 0 Å². The minimum absolute atomic E-state index is 0.118. The number of phenols is 1. The largest absolute Gasteiger partial charge is 0.508 e. The highest BCUT2D eigenvalue weighted by Crippen LogP contribution is 2.22. The molecule has 1 amide bonds. The van der Waals surface area contributed by atoms with Gasteiger partial charge in [0, 0.05) is 15.7 Å². The van der Waals surface area contributed by atoms with Crippen molar-refractivity contribution in [2.75, 3.05) is 0 Å². The molecule has 0 bridgehead atoms. The van der Waals surface area contributed by atoms with Crippen molar-refractivity contribution in [2.24, 2.45) is 5.10 Å². The summed E-state index contributed by atoms with van der Waals surface area (Å²) >= 11 is 3.46. The van der Waals surface area contributed by atoms with Crippen LogP contribution in [0.5, 0.6) is 5.75 Å². The lowest BCUT2D eigenvalue weighted by Crippen LogP contribution is -2.17. The highest BCUT2D eigenvalue weighted by molar-refractivity contribution is 9.10. The highest BCUT2D eigenvalue weighted by Gasteiger charge is 2.07. The van der Waals surface area contributed by atoms with Crippen molar-refractivity contribution in [2.45, 2.75) is 13.8 Å². The van der Waals surface area contributed by atoms with E-state index < -0.39 is 0 Å². The smallest absolute Gasteiger partial charge is 0.271 e. The molecule has 0 aliphatic heterocycles. The molecular formula is C14H14BrN3O2. The van der Waals surface area contributed by atoms with Crippen molar-refractivity contribution in [3.8, 4) is 5.75 Å². The number of hydrogen-bond donors (Lipinski definition) is 3. The van der Waals surface area contributed by atoms with Crippen LogP contribution in [0.2, 0.25) is 0 Å². The molecule has 0 fully saturated rings. The van der Waals surface area contributed by atoms with Gasteiger partial charge < -0.3 is 10.1 Å². The number of aromatic nitrogens is 1. The Kier molecular flexibility index (Phi) is 4.24. The Balaban J connectivity index is 2.04. The molecule has 2 aromatic rings. The van der Waals surface area contributed by atoms with Gasteiger partial charge in [0.2, 0.25) is 0 Å². The Morgan fingerprint density at radius 3 is 2.55 bits per heavy atom. The first-order chi connectivity index (χ1) is 9.49. The fourth-order valence-corrected chi connectivity index (χ4v) is 2.02. The number of nitrogens with one attached hydrogen (secondary N) is 2. The van der Waals surface area contributed by atoms with Crippen molar-refractivity contribution in [3.63, 3.8) is 0 Å². The van der Waals surface area contributed by atoms with Crippen LogP contribution in [0.3, 0.4) is 0 Å². The van der Waals surface area contributed by atoms with Gasteiger partial charge in [-0.2, -0.15) is 5.10 Å². The molecule has 0 saturated carbocycles. The maximum Gasteiger partial charge on any atom is 0.271 e. The number of carbonyl (C=O) groups is 1.